The number of aromatic amines is 2. The molecule has 22 heavy (non-hydrogen) atoms. The molecule has 2 aromatic heterocycles. The number of pyridine rings is 1. The van der Waals surface area contributed by atoms with E-state index < -0.39 is 0 Å². The average Bonchev–Trinajstić information content (AvgIpc) is 2.97. The Morgan fingerprint density at radius 2 is 1.91 bits per heavy atom. The van der Waals surface area contributed by atoms with Gasteiger partial charge in [0.15, 0.2) is 0 Å². The second-order valence-corrected chi connectivity index (χ2v) is 5.04. The molecule has 0 saturated carbocycles. The molecule has 5 nitrogen and oxygen atoms in total. The fourth-order valence-corrected chi connectivity index (χ4v) is 2.63. The van der Waals surface area contributed by atoms with E-state index in [1.54, 1.807) is 7.11 Å². The molecule has 0 aliphatic rings. The molecule has 4 rings (SSSR count). The number of hydrogen-bond acceptors (Lipinski definition) is 3. The Hall–Kier alpha value is -3.08. The van der Waals surface area contributed by atoms with E-state index in [9.17, 15) is 4.79 Å². The Morgan fingerprint density at radius 3 is 2.73 bits per heavy atom. The first kappa shape index (κ1) is 12.6. The molecule has 4 aromatic rings. The molecule has 0 fully saturated rings. The van der Waals surface area contributed by atoms with Crippen LogP contribution >= 0.6 is 0 Å². The number of ether oxygens (including phenoxy) is 1. The van der Waals surface area contributed by atoms with Gasteiger partial charge in [-0.1, -0.05) is 24.3 Å². The van der Waals surface area contributed by atoms with Gasteiger partial charge in [-0.15, -0.1) is 0 Å². The van der Waals surface area contributed by atoms with Gasteiger partial charge in [-0.2, -0.15) is 0 Å². The maximum atomic E-state index is 12.4. The lowest BCUT2D eigenvalue weighted by Crippen LogP contribution is -2.10. The van der Waals surface area contributed by atoms with E-state index in [0.717, 1.165) is 16.4 Å². The number of nitrogens with one attached hydrogen (secondary N) is 2. The van der Waals surface area contributed by atoms with Gasteiger partial charge in [-0.3, -0.25) is 4.79 Å². The van der Waals surface area contributed by atoms with Gasteiger partial charge in [0.25, 0.3) is 5.56 Å². The molecule has 0 saturated heterocycles. The zero-order valence-corrected chi connectivity index (χ0v) is 11.9. The molecule has 0 bridgehead atoms. The Balaban J connectivity index is 1.98. The van der Waals surface area contributed by atoms with E-state index in [2.05, 4.69) is 15.0 Å². The van der Waals surface area contributed by atoms with Gasteiger partial charge in [-0.05, 0) is 24.3 Å². The second kappa shape index (κ2) is 4.73. The van der Waals surface area contributed by atoms with Crippen LogP contribution in [0.1, 0.15) is 0 Å². The van der Waals surface area contributed by atoms with E-state index in [-0.39, 0.29) is 5.56 Å². The lowest BCUT2D eigenvalue weighted by atomic mass is 10.1. The molecular formula is C17H13N3O2. The van der Waals surface area contributed by atoms with Gasteiger partial charge in [0.2, 0.25) is 0 Å². The first-order valence-electron chi connectivity index (χ1n) is 6.91. The highest BCUT2D eigenvalue weighted by atomic mass is 16.5. The van der Waals surface area contributed by atoms with E-state index in [1.165, 1.54) is 0 Å². The van der Waals surface area contributed by atoms with Crippen LogP contribution in [0.5, 0.6) is 5.75 Å². The summed E-state index contributed by atoms with van der Waals surface area (Å²) in [5.41, 5.74) is 2.74. The number of methoxy groups -OCH3 is 1. The van der Waals surface area contributed by atoms with Crippen molar-refractivity contribution in [2.24, 2.45) is 0 Å². The Bertz CT molecular complexity index is 1010. The summed E-state index contributed by atoms with van der Waals surface area (Å²) in [6.45, 7) is 0. The summed E-state index contributed by atoms with van der Waals surface area (Å²) in [6, 6.07) is 15.2. The van der Waals surface area contributed by atoms with Crippen molar-refractivity contribution in [1.82, 2.24) is 15.0 Å². The molecule has 2 N–H and O–H groups in total. The highest BCUT2D eigenvalue weighted by Crippen LogP contribution is 2.25. The van der Waals surface area contributed by atoms with Gasteiger partial charge >= 0.3 is 0 Å². The number of para-hydroxylation sites is 3. The lowest BCUT2D eigenvalue weighted by Gasteiger charge is -2.06. The number of hydrogen-bond donors (Lipinski definition) is 2. The van der Waals surface area contributed by atoms with Crippen LogP contribution in [0.2, 0.25) is 0 Å². The number of rotatable bonds is 2. The van der Waals surface area contributed by atoms with Crippen molar-refractivity contribution in [2.75, 3.05) is 7.11 Å². The SMILES string of the molecule is COc1cccc2cc(-c3nc4ccccc4[nH]3)c(=O)[nH]c12. The summed E-state index contributed by atoms with van der Waals surface area (Å²) < 4.78 is 5.28. The number of fused-ring (bicyclic) bond motifs is 2. The maximum Gasteiger partial charge on any atom is 0.259 e. The van der Waals surface area contributed by atoms with Crippen LogP contribution in [-0.2, 0) is 0 Å². The van der Waals surface area contributed by atoms with E-state index >= 15 is 0 Å². The van der Waals surface area contributed by atoms with E-state index in [0.29, 0.717) is 22.7 Å². The normalized spacial score (nSPS) is 11.1. The summed E-state index contributed by atoms with van der Waals surface area (Å²) >= 11 is 0. The molecule has 0 spiro atoms. The molecule has 2 heterocycles. The number of H-pyrrole nitrogens is 2. The average molecular weight is 291 g/mol. The smallest absolute Gasteiger partial charge is 0.259 e. The molecule has 0 aliphatic carbocycles. The van der Waals surface area contributed by atoms with Gasteiger partial charge in [0.1, 0.15) is 11.6 Å². The van der Waals surface area contributed by atoms with Crippen molar-refractivity contribution in [2.45, 2.75) is 0 Å². The predicted molar refractivity (Wildman–Crippen MR) is 86.2 cm³/mol. The topological polar surface area (TPSA) is 70.8 Å². The van der Waals surface area contributed by atoms with E-state index in [1.807, 2.05) is 48.5 Å². The third kappa shape index (κ3) is 1.87. The zero-order valence-electron chi connectivity index (χ0n) is 11.9. The highest BCUT2D eigenvalue weighted by Gasteiger charge is 2.11. The third-order valence-electron chi connectivity index (χ3n) is 3.71. The minimum absolute atomic E-state index is 0.198. The van der Waals surface area contributed by atoms with Crippen LogP contribution in [0.3, 0.4) is 0 Å². The number of aromatic nitrogens is 3. The monoisotopic (exact) mass is 291 g/mol. The number of benzene rings is 2. The Morgan fingerprint density at radius 1 is 1.05 bits per heavy atom. The van der Waals surface area contributed by atoms with Crippen molar-refractivity contribution in [3.8, 4) is 17.1 Å². The van der Waals surface area contributed by atoms with Crippen molar-refractivity contribution >= 4 is 21.9 Å². The summed E-state index contributed by atoms with van der Waals surface area (Å²) in [7, 11) is 1.58. The molecule has 0 amide bonds. The quantitative estimate of drug-likeness (QED) is 0.596. The first-order chi connectivity index (χ1) is 10.8. The molecule has 0 atom stereocenters. The molecule has 0 aliphatic heterocycles. The van der Waals surface area contributed by atoms with Gasteiger partial charge in [-0.25, -0.2) is 4.98 Å². The number of imidazole rings is 1. The van der Waals surface area contributed by atoms with Crippen molar-refractivity contribution < 1.29 is 4.74 Å². The molecule has 2 aromatic carbocycles. The van der Waals surface area contributed by atoms with Crippen molar-refractivity contribution in [3.05, 3.63) is 58.9 Å². The van der Waals surface area contributed by atoms with Crippen molar-refractivity contribution in [1.29, 1.82) is 0 Å². The van der Waals surface area contributed by atoms with Crippen LogP contribution in [0.4, 0.5) is 0 Å². The lowest BCUT2D eigenvalue weighted by molar-refractivity contribution is 0.419. The Kier molecular flexibility index (Phi) is 2.72. The fourth-order valence-electron chi connectivity index (χ4n) is 2.63. The van der Waals surface area contributed by atoms with Crippen LogP contribution in [0.15, 0.2) is 53.3 Å². The van der Waals surface area contributed by atoms with Gasteiger partial charge in [0.05, 0.1) is 29.2 Å². The van der Waals surface area contributed by atoms with Gasteiger partial charge in [0, 0.05) is 5.39 Å². The minimum atomic E-state index is -0.198. The highest BCUT2D eigenvalue weighted by molar-refractivity contribution is 5.88. The molecule has 0 unspecified atom stereocenters. The van der Waals surface area contributed by atoms with Gasteiger partial charge < -0.3 is 14.7 Å². The number of nitrogens with zero attached hydrogens (tertiary/aromatic N) is 1. The zero-order chi connectivity index (χ0) is 15.1. The minimum Gasteiger partial charge on any atom is -0.495 e. The summed E-state index contributed by atoms with van der Waals surface area (Å²) in [6.07, 6.45) is 0. The van der Waals surface area contributed by atoms with E-state index in [4.69, 9.17) is 4.74 Å². The maximum absolute atomic E-state index is 12.4. The second-order valence-electron chi connectivity index (χ2n) is 5.04. The van der Waals surface area contributed by atoms with Crippen LogP contribution in [0.25, 0.3) is 33.3 Å². The standard InChI is InChI=1S/C17H13N3O2/c1-22-14-8-4-5-10-9-11(17(21)20-15(10)14)16-18-12-6-2-3-7-13(12)19-16/h2-9H,1H3,(H,18,19)(H,20,21). The Labute approximate surface area is 125 Å². The molecular weight excluding hydrogens is 278 g/mol. The van der Waals surface area contributed by atoms with Crippen LogP contribution in [0, 0.1) is 0 Å². The van der Waals surface area contributed by atoms with Crippen molar-refractivity contribution in [3.63, 3.8) is 0 Å². The predicted octanol–water partition coefficient (Wildman–Crippen LogP) is 3.08. The van der Waals surface area contributed by atoms with Crippen LogP contribution in [-0.4, -0.2) is 22.1 Å². The largest absolute Gasteiger partial charge is 0.495 e. The fraction of sp³-hybridized carbons (Fsp3) is 0.0588. The molecule has 5 heteroatoms. The first-order valence-corrected chi connectivity index (χ1v) is 6.91. The third-order valence-corrected chi connectivity index (χ3v) is 3.71. The summed E-state index contributed by atoms with van der Waals surface area (Å²) in [5, 5.41) is 0.898. The molecule has 108 valence electrons. The van der Waals surface area contributed by atoms with Crippen LogP contribution < -0.4 is 10.3 Å². The summed E-state index contributed by atoms with van der Waals surface area (Å²) in [4.78, 5) is 23.0. The molecule has 0 radical (unpaired) electrons. The summed E-state index contributed by atoms with van der Waals surface area (Å²) in [5.74, 6) is 1.21.